The van der Waals surface area contributed by atoms with Crippen molar-refractivity contribution in [3.05, 3.63) is 59.2 Å². The van der Waals surface area contributed by atoms with Crippen molar-refractivity contribution in [3.8, 4) is 17.2 Å². The lowest BCUT2D eigenvalue weighted by molar-refractivity contribution is -0.187. The van der Waals surface area contributed by atoms with E-state index in [2.05, 4.69) is 0 Å². The molecular formula is C18H13F3O4. The van der Waals surface area contributed by atoms with Crippen LogP contribution in [0.2, 0.25) is 0 Å². The molecule has 0 amide bonds. The Morgan fingerprint density at radius 2 is 1.92 bits per heavy atom. The second-order valence-electron chi connectivity index (χ2n) is 5.51. The quantitative estimate of drug-likeness (QED) is 0.880. The van der Waals surface area contributed by atoms with Crippen molar-refractivity contribution in [3.63, 3.8) is 0 Å². The van der Waals surface area contributed by atoms with Crippen LogP contribution in [0.5, 0.6) is 17.2 Å². The molecule has 3 rings (SSSR count). The number of carbonyl (C=O) groups is 1. The number of benzene rings is 2. The highest BCUT2D eigenvalue weighted by Gasteiger charge is 2.48. The molecule has 0 radical (unpaired) electrons. The summed E-state index contributed by atoms with van der Waals surface area (Å²) in [7, 11) is 0. The number of carboxylic acid groups (broad SMARTS) is 1. The summed E-state index contributed by atoms with van der Waals surface area (Å²) in [5.41, 5.74) is 0.255. The van der Waals surface area contributed by atoms with Crippen LogP contribution in [0.1, 0.15) is 11.1 Å². The Balaban J connectivity index is 1.96. The Kier molecular flexibility index (Phi) is 4.16. The van der Waals surface area contributed by atoms with Crippen molar-refractivity contribution in [2.45, 2.75) is 19.2 Å². The van der Waals surface area contributed by atoms with Gasteiger partial charge in [-0.25, -0.2) is 4.79 Å². The zero-order valence-corrected chi connectivity index (χ0v) is 13.0. The zero-order valence-electron chi connectivity index (χ0n) is 13.0. The van der Waals surface area contributed by atoms with Gasteiger partial charge in [-0.3, -0.25) is 0 Å². The highest BCUT2D eigenvalue weighted by Crippen LogP contribution is 2.39. The van der Waals surface area contributed by atoms with E-state index < -0.39 is 23.8 Å². The summed E-state index contributed by atoms with van der Waals surface area (Å²) in [6.45, 7) is 1.84. The highest BCUT2D eigenvalue weighted by molar-refractivity contribution is 5.95. The van der Waals surface area contributed by atoms with E-state index in [1.54, 1.807) is 18.2 Å². The molecule has 2 aromatic rings. The minimum atomic E-state index is -4.84. The molecule has 1 heterocycles. The van der Waals surface area contributed by atoms with Crippen molar-refractivity contribution in [2.24, 2.45) is 0 Å². The van der Waals surface area contributed by atoms with Crippen LogP contribution < -0.4 is 9.47 Å². The first kappa shape index (κ1) is 16.9. The zero-order chi connectivity index (χ0) is 18.2. The molecule has 0 saturated heterocycles. The first-order valence-electron chi connectivity index (χ1n) is 7.31. The predicted molar refractivity (Wildman–Crippen MR) is 83.8 cm³/mol. The van der Waals surface area contributed by atoms with Gasteiger partial charge in [-0.15, -0.1) is 0 Å². The van der Waals surface area contributed by atoms with Crippen LogP contribution in [-0.2, 0) is 4.79 Å². The van der Waals surface area contributed by atoms with Gasteiger partial charge in [0.1, 0.15) is 17.2 Å². The second kappa shape index (κ2) is 6.16. The first-order chi connectivity index (χ1) is 11.8. The van der Waals surface area contributed by atoms with Crippen molar-refractivity contribution in [1.82, 2.24) is 0 Å². The number of ether oxygens (including phenoxy) is 2. The van der Waals surface area contributed by atoms with Crippen LogP contribution in [0.25, 0.3) is 6.08 Å². The molecule has 1 atom stereocenters. The topological polar surface area (TPSA) is 55.8 Å². The third kappa shape index (κ3) is 3.45. The molecule has 130 valence electrons. The van der Waals surface area contributed by atoms with E-state index in [4.69, 9.17) is 14.6 Å². The predicted octanol–water partition coefficient (Wildman–Crippen LogP) is 4.58. The molecule has 0 fully saturated rings. The Labute approximate surface area is 141 Å². The SMILES string of the molecule is Cc1ccccc1Oc1ccc2c(c1)O[C@@H](C(F)(F)F)C(C(=O)O)=C2. The molecule has 0 spiro atoms. The molecule has 1 aliphatic heterocycles. The maximum atomic E-state index is 13.1. The van der Waals surface area contributed by atoms with Gasteiger partial charge in [0.15, 0.2) is 0 Å². The van der Waals surface area contributed by atoms with Gasteiger partial charge in [0.25, 0.3) is 0 Å². The summed E-state index contributed by atoms with van der Waals surface area (Å²) in [5.74, 6) is -0.903. The molecular weight excluding hydrogens is 337 g/mol. The van der Waals surface area contributed by atoms with Crippen molar-refractivity contribution in [2.75, 3.05) is 0 Å². The number of alkyl halides is 3. The average Bonchev–Trinajstić information content (AvgIpc) is 2.55. The standard InChI is InChI=1S/C18H13F3O4/c1-10-4-2-3-5-14(10)24-12-7-6-11-8-13(17(22)23)16(18(19,20)21)25-15(11)9-12/h2-9,16H,1H3,(H,22,23)/t16-/m1/s1. The molecule has 0 saturated carbocycles. The number of para-hydroxylation sites is 1. The Morgan fingerprint density at radius 3 is 2.56 bits per heavy atom. The van der Waals surface area contributed by atoms with E-state index in [1.165, 1.54) is 12.1 Å². The normalized spacial score (nSPS) is 16.5. The summed E-state index contributed by atoms with van der Waals surface area (Å²) in [4.78, 5) is 11.1. The molecule has 4 nitrogen and oxygen atoms in total. The van der Waals surface area contributed by atoms with Gasteiger partial charge in [-0.1, -0.05) is 18.2 Å². The van der Waals surface area contributed by atoms with E-state index in [1.807, 2.05) is 19.1 Å². The Bertz CT molecular complexity index is 856. The highest BCUT2D eigenvalue weighted by atomic mass is 19.4. The van der Waals surface area contributed by atoms with E-state index in [-0.39, 0.29) is 11.3 Å². The number of rotatable bonds is 3. The molecule has 0 bridgehead atoms. The van der Waals surface area contributed by atoms with Gasteiger partial charge in [0.05, 0.1) is 5.57 Å². The average molecular weight is 350 g/mol. The molecule has 0 aromatic heterocycles. The van der Waals surface area contributed by atoms with Gasteiger partial charge in [0.2, 0.25) is 6.10 Å². The van der Waals surface area contributed by atoms with E-state index in [0.717, 1.165) is 11.6 Å². The third-order valence-corrected chi connectivity index (χ3v) is 3.69. The summed E-state index contributed by atoms with van der Waals surface area (Å²) >= 11 is 0. The monoisotopic (exact) mass is 350 g/mol. The van der Waals surface area contributed by atoms with Gasteiger partial charge in [0, 0.05) is 11.6 Å². The van der Waals surface area contributed by atoms with Crippen molar-refractivity contribution >= 4 is 12.0 Å². The van der Waals surface area contributed by atoms with E-state index >= 15 is 0 Å². The second-order valence-corrected chi connectivity index (χ2v) is 5.51. The summed E-state index contributed by atoms with van der Waals surface area (Å²) < 4.78 is 49.9. The van der Waals surface area contributed by atoms with Crippen LogP contribution in [0.4, 0.5) is 13.2 Å². The summed E-state index contributed by atoms with van der Waals surface area (Å²) in [6, 6.07) is 11.5. The molecule has 0 aliphatic carbocycles. The Hall–Kier alpha value is -2.96. The lowest BCUT2D eigenvalue weighted by Crippen LogP contribution is -2.40. The number of aryl methyl sites for hydroxylation is 1. The minimum absolute atomic E-state index is 0.0848. The maximum Gasteiger partial charge on any atom is 0.430 e. The fourth-order valence-electron chi connectivity index (χ4n) is 2.45. The lowest BCUT2D eigenvalue weighted by Gasteiger charge is -2.27. The summed E-state index contributed by atoms with van der Waals surface area (Å²) in [5, 5.41) is 9.00. The molecule has 1 N–H and O–H groups in total. The lowest BCUT2D eigenvalue weighted by atomic mass is 10.0. The molecule has 1 aliphatic rings. The van der Waals surface area contributed by atoms with Crippen LogP contribution >= 0.6 is 0 Å². The number of hydrogen-bond donors (Lipinski definition) is 1. The molecule has 0 unspecified atom stereocenters. The van der Waals surface area contributed by atoms with Crippen LogP contribution in [-0.4, -0.2) is 23.4 Å². The Morgan fingerprint density at radius 1 is 1.20 bits per heavy atom. The van der Waals surface area contributed by atoms with Gasteiger partial charge in [-0.2, -0.15) is 13.2 Å². The van der Waals surface area contributed by atoms with Crippen LogP contribution in [0, 0.1) is 6.92 Å². The van der Waals surface area contributed by atoms with Gasteiger partial charge >= 0.3 is 12.1 Å². The molecule has 2 aromatic carbocycles. The van der Waals surface area contributed by atoms with Crippen molar-refractivity contribution in [1.29, 1.82) is 0 Å². The third-order valence-electron chi connectivity index (χ3n) is 3.69. The van der Waals surface area contributed by atoms with Crippen LogP contribution in [0.15, 0.2) is 48.0 Å². The number of fused-ring (bicyclic) bond motifs is 1. The maximum absolute atomic E-state index is 13.1. The van der Waals surface area contributed by atoms with Gasteiger partial charge < -0.3 is 14.6 Å². The fraction of sp³-hybridized carbons (Fsp3) is 0.167. The smallest absolute Gasteiger partial charge is 0.430 e. The number of halogens is 3. The first-order valence-corrected chi connectivity index (χ1v) is 7.31. The number of carboxylic acids is 1. The number of hydrogen-bond acceptors (Lipinski definition) is 3. The van der Waals surface area contributed by atoms with E-state index in [9.17, 15) is 18.0 Å². The fourth-order valence-corrected chi connectivity index (χ4v) is 2.45. The van der Waals surface area contributed by atoms with Gasteiger partial charge in [-0.05, 0) is 36.8 Å². The van der Waals surface area contributed by atoms with Crippen LogP contribution in [0.3, 0.4) is 0 Å². The van der Waals surface area contributed by atoms with Crippen molar-refractivity contribution < 1.29 is 32.5 Å². The minimum Gasteiger partial charge on any atom is -0.478 e. The number of aliphatic carboxylic acids is 1. The molecule has 25 heavy (non-hydrogen) atoms. The molecule has 7 heteroatoms. The van der Waals surface area contributed by atoms with E-state index in [0.29, 0.717) is 11.5 Å². The summed E-state index contributed by atoms with van der Waals surface area (Å²) in [6.07, 6.45) is -6.39. The largest absolute Gasteiger partial charge is 0.478 e.